The van der Waals surface area contributed by atoms with Crippen LogP contribution in [-0.2, 0) is 0 Å². The van der Waals surface area contributed by atoms with Crippen LogP contribution in [0.2, 0.25) is 0 Å². The Labute approximate surface area is 115 Å². The zero-order valence-electron chi connectivity index (χ0n) is 10.6. The smallest absolute Gasteiger partial charge is 0.159 e. The van der Waals surface area contributed by atoms with Crippen molar-refractivity contribution in [3.8, 4) is 22.5 Å². The third-order valence-electron chi connectivity index (χ3n) is 2.98. The molecule has 0 spiro atoms. The minimum absolute atomic E-state index is 0.273. The second kappa shape index (κ2) is 5.09. The fourth-order valence-corrected chi connectivity index (χ4v) is 1.93. The van der Waals surface area contributed by atoms with E-state index in [1.54, 1.807) is 30.6 Å². The molecule has 3 nitrogen and oxygen atoms in total. The van der Waals surface area contributed by atoms with Gasteiger partial charge in [-0.3, -0.25) is 0 Å². The van der Waals surface area contributed by atoms with Gasteiger partial charge in [-0.05, 0) is 42.0 Å². The Morgan fingerprint density at radius 3 is 2.15 bits per heavy atom. The lowest BCUT2D eigenvalue weighted by Crippen LogP contribution is -1.91. The molecule has 0 saturated heterocycles. The summed E-state index contributed by atoms with van der Waals surface area (Å²) in [6, 6.07) is 13.7. The summed E-state index contributed by atoms with van der Waals surface area (Å²) in [6.07, 6.45) is 3.38. The predicted molar refractivity (Wildman–Crippen MR) is 77.3 cm³/mol. The molecule has 2 N–H and O–H groups in total. The number of benzene rings is 2. The van der Waals surface area contributed by atoms with Crippen LogP contribution in [0.1, 0.15) is 0 Å². The maximum atomic E-state index is 13.2. The van der Waals surface area contributed by atoms with Gasteiger partial charge in [-0.15, -0.1) is 0 Å². The highest BCUT2D eigenvalue weighted by Gasteiger charge is 2.03. The Balaban J connectivity index is 1.93. The van der Waals surface area contributed by atoms with Gasteiger partial charge in [-0.2, -0.15) is 0 Å². The van der Waals surface area contributed by atoms with Crippen molar-refractivity contribution >= 4 is 5.69 Å². The van der Waals surface area contributed by atoms with Crippen molar-refractivity contribution in [2.45, 2.75) is 0 Å². The van der Waals surface area contributed by atoms with E-state index in [9.17, 15) is 4.39 Å². The first-order chi connectivity index (χ1) is 9.72. The van der Waals surface area contributed by atoms with Crippen LogP contribution in [0.5, 0.6) is 0 Å². The highest BCUT2D eigenvalue weighted by molar-refractivity contribution is 5.64. The van der Waals surface area contributed by atoms with Crippen molar-refractivity contribution in [3.05, 3.63) is 66.7 Å². The summed E-state index contributed by atoms with van der Waals surface area (Å²) < 4.78 is 13.2. The Morgan fingerprint density at radius 1 is 0.800 bits per heavy atom. The van der Waals surface area contributed by atoms with E-state index in [1.165, 1.54) is 12.1 Å². The highest BCUT2D eigenvalue weighted by atomic mass is 19.1. The van der Waals surface area contributed by atoms with E-state index in [4.69, 9.17) is 5.73 Å². The summed E-state index contributed by atoms with van der Waals surface area (Å²) in [5, 5.41) is 0. The summed E-state index contributed by atoms with van der Waals surface area (Å²) in [6.45, 7) is 0. The van der Waals surface area contributed by atoms with Crippen molar-refractivity contribution in [3.63, 3.8) is 0 Å². The molecule has 4 heteroatoms. The molecule has 1 aromatic heterocycles. The van der Waals surface area contributed by atoms with Crippen LogP contribution in [0.4, 0.5) is 10.1 Å². The third kappa shape index (κ3) is 2.49. The van der Waals surface area contributed by atoms with Gasteiger partial charge in [0.2, 0.25) is 0 Å². The molecule has 0 aliphatic carbocycles. The molecular weight excluding hydrogens is 253 g/mol. The van der Waals surface area contributed by atoms with Crippen molar-refractivity contribution < 1.29 is 4.39 Å². The number of nitrogens with zero attached hydrogens (tertiary/aromatic N) is 2. The monoisotopic (exact) mass is 265 g/mol. The van der Waals surface area contributed by atoms with Gasteiger partial charge in [0.05, 0.1) is 0 Å². The first kappa shape index (κ1) is 12.3. The van der Waals surface area contributed by atoms with Gasteiger partial charge in [0.1, 0.15) is 5.82 Å². The zero-order chi connectivity index (χ0) is 13.9. The van der Waals surface area contributed by atoms with Crippen LogP contribution in [0, 0.1) is 5.82 Å². The van der Waals surface area contributed by atoms with Gasteiger partial charge in [0.25, 0.3) is 0 Å². The number of hydrogen-bond acceptors (Lipinski definition) is 3. The van der Waals surface area contributed by atoms with Crippen LogP contribution in [0.15, 0.2) is 60.9 Å². The maximum absolute atomic E-state index is 13.2. The number of hydrogen-bond donors (Lipinski definition) is 1. The molecule has 0 unspecified atom stereocenters. The first-order valence-electron chi connectivity index (χ1n) is 6.16. The van der Waals surface area contributed by atoms with Crippen molar-refractivity contribution in [2.24, 2.45) is 0 Å². The Kier molecular flexibility index (Phi) is 3.13. The molecule has 20 heavy (non-hydrogen) atoms. The lowest BCUT2D eigenvalue weighted by atomic mass is 10.1. The van der Waals surface area contributed by atoms with Crippen molar-refractivity contribution in [2.75, 3.05) is 5.73 Å². The lowest BCUT2D eigenvalue weighted by Gasteiger charge is -2.03. The molecule has 98 valence electrons. The quantitative estimate of drug-likeness (QED) is 0.721. The molecule has 0 aliphatic rings. The Bertz CT molecular complexity index is 721. The molecule has 0 atom stereocenters. The zero-order valence-corrected chi connectivity index (χ0v) is 10.6. The molecule has 1 heterocycles. The fraction of sp³-hybridized carbons (Fsp3) is 0. The molecule has 0 aliphatic heterocycles. The molecule has 0 radical (unpaired) electrons. The number of rotatable bonds is 2. The minimum Gasteiger partial charge on any atom is -0.399 e. The van der Waals surface area contributed by atoms with Crippen molar-refractivity contribution in [1.29, 1.82) is 0 Å². The average molecular weight is 265 g/mol. The minimum atomic E-state index is -0.273. The summed E-state index contributed by atoms with van der Waals surface area (Å²) in [5.74, 6) is 0.343. The van der Waals surface area contributed by atoms with Gasteiger partial charge in [0.15, 0.2) is 5.82 Å². The van der Waals surface area contributed by atoms with E-state index in [0.717, 1.165) is 16.7 Å². The number of halogens is 1. The topological polar surface area (TPSA) is 51.8 Å². The summed E-state index contributed by atoms with van der Waals surface area (Å²) in [5.41, 5.74) is 8.77. The number of anilines is 1. The van der Waals surface area contributed by atoms with E-state index in [1.807, 2.05) is 18.2 Å². The summed E-state index contributed by atoms with van der Waals surface area (Å²) in [7, 11) is 0. The van der Waals surface area contributed by atoms with Crippen LogP contribution in [0.3, 0.4) is 0 Å². The normalized spacial score (nSPS) is 10.4. The van der Waals surface area contributed by atoms with Gasteiger partial charge in [-0.25, -0.2) is 14.4 Å². The first-order valence-corrected chi connectivity index (χ1v) is 6.16. The third-order valence-corrected chi connectivity index (χ3v) is 2.98. The SMILES string of the molecule is Nc1ccc(-c2ncc(-c3cccc(F)c3)cn2)cc1. The molecule has 0 amide bonds. The average Bonchev–Trinajstić information content (AvgIpc) is 2.48. The lowest BCUT2D eigenvalue weighted by molar-refractivity contribution is 0.628. The summed E-state index contributed by atoms with van der Waals surface area (Å²) >= 11 is 0. The Hall–Kier alpha value is -2.75. The molecule has 2 aromatic carbocycles. The van der Waals surface area contributed by atoms with Gasteiger partial charge in [-0.1, -0.05) is 12.1 Å². The number of nitrogens with two attached hydrogens (primary N) is 1. The number of aromatic nitrogens is 2. The number of nitrogen functional groups attached to an aromatic ring is 1. The van der Waals surface area contributed by atoms with E-state index >= 15 is 0 Å². The van der Waals surface area contributed by atoms with Crippen LogP contribution < -0.4 is 5.73 Å². The molecule has 0 fully saturated rings. The van der Waals surface area contributed by atoms with Gasteiger partial charge in [0, 0.05) is 29.2 Å². The van der Waals surface area contributed by atoms with E-state index < -0.39 is 0 Å². The molecule has 3 aromatic rings. The Morgan fingerprint density at radius 2 is 1.50 bits per heavy atom. The van der Waals surface area contributed by atoms with E-state index in [2.05, 4.69) is 9.97 Å². The van der Waals surface area contributed by atoms with E-state index in [-0.39, 0.29) is 5.82 Å². The van der Waals surface area contributed by atoms with E-state index in [0.29, 0.717) is 11.5 Å². The van der Waals surface area contributed by atoms with Crippen LogP contribution >= 0.6 is 0 Å². The summed E-state index contributed by atoms with van der Waals surface area (Å²) in [4.78, 5) is 8.62. The maximum Gasteiger partial charge on any atom is 0.159 e. The molecule has 0 bridgehead atoms. The standard InChI is InChI=1S/C16H12FN3/c17-14-3-1-2-12(8-14)13-9-19-16(20-10-13)11-4-6-15(18)7-5-11/h1-10H,18H2. The second-order valence-corrected chi connectivity index (χ2v) is 4.43. The van der Waals surface area contributed by atoms with Gasteiger partial charge < -0.3 is 5.73 Å². The van der Waals surface area contributed by atoms with Crippen molar-refractivity contribution in [1.82, 2.24) is 9.97 Å². The van der Waals surface area contributed by atoms with Gasteiger partial charge >= 0.3 is 0 Å². The molecular formula is C16H12FN3. The van der Waals surface area contributed by atoms with Crippen LogP contribution in [0.25, 0.3) is 22.5 Å². The molecule has 3 rings (SSSR count). The van der Waals surface area contributed by atoms with Crippen LogP contribution in [-0.4, -0.2) is 9.97 Å². The largest absolute Gasteiger partial charge is 0.399 e. The fourth-order valence-electron chi connectivity index (χ4n) is 1.93. The second-order valence-electron chi connectivity index (χ2n) is 4.43. The highest BCUT2D eigenvalue weighted by Crippen LogP contribution is 2.21. The predicted octanol–water partition coefficient (Wildman–Crippen LogP) is 3.53. The molecule has 0 saturated carbocycles.